The van der Waals surface area contributed by atoms with E-state index in [1.165, 1.54) is 12.1 Å². The van der Waals surface area contributed by atoms with Crippen molar-refractivity contribution < 1.29 is 14.1 Å². The van der Waals surface area contributed by atoms with Crippen LogP contribution >= 0.6 is 27.7 Å². The van der Waals surface area contributed by atoms with E-state index in [0.717, 1.165) is 11.8 Å². The van der Waals surface area contributed by atoms with Gasteiger partial charge >= 0.3 is 0 Å². The number of hydrogen-bond acceptors (Lipinski definition) is 6. The smallest absolute Gasteiger partial charge is 0.270 e. The zero-order valence-electron chi connectivity index (χ0n) is 11.3. The molecule has 2 N–H and O–H groups in total. The third-order valence-electron chi connectivity index (χ3n) is 2.99. The number of benzene rings is 1. The third kappa shape index (κ3) is 3.20. The molecule has 0 saturated carbocycles. The molecule has 9 heteroatoms. The second-order valence-electron chi connectivity index (χ2n) is 4.52. The number of hydrogen-bond donors (Lipinski definition) is 2. The fourth-order valence-corrected chi connectivity index (χ4v) is 3.21. The number of rotatable bonds is 3. The fourth-order valence-electron chi connectivity index (χ4n) is 1.96. The van der Waals surface area contributed by atoms with Gasteiger partial charge in [-0.05, 0) is 45.9 Å². The molecule has 0 aliphatic carbocycles. The molecule has 1 aromatic carbocycles. The van der Waals surface area contributed by atoms with Gasteiger partial charge in [0.25, 0.3) is 11.6 Å². The molecule has 0 spiro atoms. The number of nitro benzene ring substituents is 1. The molecule has 1 aliphatic heterocycles. The highest BCUT2D eigenvalue weighted by atomic mass is 79.9. The maximum absolute atomic E-state index is 11.6. The highest BCUT2D eigenvalue weighted by Crippen LogP contribution is 2.33. The molecule has 3 rings (SSSR count). The van der Waals surface area contributed by atoms with Gasteiger partial charge in [-0.2, -0.15) is 0 Å². The maximum Gasteiger partial charge on any atom is 0.270 e. The Kier molecular flexibility index (Phi) is 4.05. The fraction of sp³-hybridized carbons (Fsp3) is 0. The number of thioether (sulfide) groups is 1. The minimum absolute atomic E-state index is 0.0212. The lowest BCUT2D eigenvalue weighted by Gasteiger charge is -2.00. The zero-order valence-corrected chi connectivity index (χ0v) is 13.7. The van der Waals surface area contributed by atoms with Crippen LogP contribution in [0.3, 0.4) is 0 Å². The monoisotopic (exact) mass is 393 g/mol. The van der Waals surface area contributed by atoms with E-state index in [9.17, 15) is 14.9 Å². The number of amidine groups is 1. The molecule has 1 amide bonds. The zero-order chi connectivity index (χ0) is 16.6. The summed E-state index contributed by atoms with van der Waals surface area (Å²) < 4.78 is 6.19. The molecule has 7 nitrogen and oxygen atoms in total. The molecule has 23 heavy (non-hydrogen) atoms. The molecular formula is C14H8BrN3O4S. The van der Waals surface area contributed by atoms with Gasteiger partial charge in [0.1, 0.15) is 11.5 Å². The summed E-state index contributed by atoms with van der Waals surface area (Å²) in [7, 11) is 0. The van der Waals surface area contributed by atoms with Crippen molar-refractivity contribution in [3.8, 4) is 11.3 Å². The Bertz CT molecular complexity index is 875. The van der Waals surface area contributed by atoms with E-state index in [1.54, 1.807) is 24.3 Å². The molecule has 1 aliphatic rings. The number of nitro groups is 1. The van der Waals surface area contributed by atoms with Crippen molar-refractivity contribution in [2.45, 2.75) is 0 Å². The SMILES string of the molecule is N=C1NC(=O)/C(=C\c2ccc(-c3ccc([N+](=O)[O-])cc3Br)o2)S1. The lowest BCUT2D eigenvalue weighted by molar-refractivity contribution is -0.384. The first-order valence-electron chi connectivity index (χ1n) is 6.27. The summed E-state index contributed by atoms with van der Waals surface area (Å²) >= 11 is 4.31. The van der Waals surface area contributed by atoms with Gasteiger partial charge in [0.2, 0.25) is 0 Å². The van der Waals surface area contributed by atoms with Gasteiger partial charge in [-0.15, -0.1) is 0 Å². The normalized spacial score (nSPS) is 16.0. The van der Waals surface area contributed by atoms with Crippen LogP contribution in [0.25, 0.3) is 17.4 Å². The predicted molar refractivity (Wildman–Crippen MR) is 89.9 cm³/mol. The van der Waals surface area contributed by atoms with E-state index >= 15 is 0 Å². The van der Waals surface area contributed by atoms with Crippen molar-refractivity contribution in [3.63, 3.8) is 0 Å². The van der Waals surface area contributed by atoms with E-state index in [1.807, 2.05) is 0 Å². The summed E-state index contributed by atoms with van der Waals surface area (Å²) in [5.74, 6) is 0.629. The van der Waals surface area contributed by atoms with E-state index < -0.39 is 4.92 Å². The average Bonchev–Trinajstić information content (AvgIpc) is 3.06. The molecule has 2 aromatic rings. The van der Waals surface area contributed by atoms with Crippen LogP contribution in [0.15, 0.2) is 44.1 Å². The van der Waals surface area contributed by atoms with Crippen LogP contribution in [0.1, 0.15) is 5.76 Å². The van der Waals surface area contributed by atoms with Crippen LogP contribution in [0.2, 0.25) is 0 Å². The van der Waals surface area contributed by atoms with E-state index in [2.05, 4.69) is 21.2 Å². The molecule has 0 atom stereocenters. The summed E-state index contributed by atoms with van der Waals surface area (Å²) in [6, 6.07) is 7.78. The van der Waals surface area contributed by atoms with Crippen LogP contribution < -0.4 is 5.32 Å². The number of non-ortho nitro benzene ring substituents is 1. The number of carbonyl (C=O) groups excluding carboxylic acids is 1. The highest BCUT2D eigenvalue weighted by molar-refractivity contribution is 9.10. The van der Waals surface area contributed by atoms with Gasteiger partial charge in [0, 0.05) is 28.2 Å². The summed E-state index contributed by atoms with van der Waals surface area (Å²) in [5, 5.41) is 20.6. The number of amides is 1. The second-order valence-corrected chi connectivity index (χ2v) is 6.42. The van der Waals surface area contributed by atoms with Crippen LogP contribution in [0.5, 0.6) is 0 Å². The van der Waals surface area contributed by atoms with Crippen molar-refractivity contribution in [1.29, 1.82) is 5.41 Å². The molecule has 2 heterocycles. The summed E-state index contributed by atoms with van der Waals surface area (Å²) in [6.07, 6.45) is 1.55. The summed E-state index contributed by atoms with van der Waals surface area (Å²) in [6.45, 7) is 0. The number of halogens is 1. The molecule has 0 bridgehead atoms. The second kappa shape index (κ2) is 6.01. The van der Waals surface area contributed by atoms with Gasteiger partial charge in [-0.25, -0.2) is 0 Å². The van der Waals surface area contributed by atoms with Gasteiger partial charge in [-0.1, -0.05) is 0 Å². The van der Waals surface area contributed by atoms with Crippen molar-refractivity contribution in [1.82, 2.24) is 5.32 Å². The quantitative estimate of drug-likeness (QED) is 0.468. The predicted octanol–water partition coefficient (Wildman–Crippen LogP) is 3.76. The lowest BCUT2D eigenvalue weighted by atomic mass is 10.1. The average molecular weight is 394 g/mol. The summed E-state index contributed by atoms with van der Waals surface area (Å²) in [4.78, 5) is 22.2. The van der Waals surface area contributed by atoms with Gasteiger partial charge in [-0.3, -0.25) is 20.3 Å². The first-order valence-corrected chi connectivity index (χ1v) is 7.88. The Morgan fingerprint density at radius 1 is 1.35 bits per heavy atom. The summed E-state index contributed by atoms with van der Waals surface area (Å²) in [5.41, 5.74) is 0.642. The number of carbonyl (C=O) groups is 1. The van der Waals surface area contributed by atoms with E-state index in [4.69, 9.17) is 9.83 Å². The van der Waals surface area contributed by atoms with Crippen LogP contribution in [-0.4, -0.2) is 16.0 Å². The Hall–Kier alpha value is -2.39. The van der Waals surface area contributed by atoms with Crippen molar-refractivity contribution >= 4 is 50.5 Å². The topological polar surface area (TPSA) is 109 Å². The molecule has 116 valence electrons. The minimum atomic E-state index is -0.475. The first-order chi connectivity index (χ1) is 10.9. The van der Waals surface area contributed by atoms with Crippen molar-refractivity contribution in [2.24, 2.45) is 0 Å². The largest absolute Gasteiger partial charge is 0.457 e. The highest BCUT2D eigenvalue weighted by Gasteiger charge is 2.23. The maximum atomic E-state index is 11.6. The first kappa shape index (κ1) is 15.5. The molecule has 1 fully saturated rings. The minimum Gasteiger partial charge on any atom is -0.457 e. The Balaban J connectivity index is 1.91. The van der Waals surface area contributed by atoms with Crippen LogP contribution in [-0.2, 0) is 4.79 Å². The van der Waals surface area contributed by atoms with Crippen LogP contribution in [0, 0.1) is 15.5 Å². The molecule has 0 radical (unpaired) electrons. The number of nitrogens with one attached hydrogen (secondary N) is 2. The number of furan rings is 1. The molecule has 0 unspecified atom stereocenters. The lowest BCUT2D eigenvalue weighted by Crippen LogP contribution is -2.18. The standard InChI is InChI=1S/C14H8BrN3O4S/c15-10-5-7(18(20)21)1-3-9(10)11-4-2-8(22-11)6-12-13(19)17-14(16)23-12/h1-6H,(H2,16,17,19)/b12-6+. The Labute approximate surface area is 142 Å². The van der Waals surface area contributed by atoms with Gasteiger partial charge in [0.05, 0.1) is 9.83 Å². The third-order valence-corrected chi connectivity index (χ3v) is 4.48. The van der Waals surface area contributed by atoms with E-state index in [0.29, 0.717) is 26.5 Å². The Morgan fingerprint density at radius 2 is 2.13 bits per heavy atom. The Morgan fingerprint density at radius 3 is 2.74 bits per heavy atom. The van der Waals surface area contributed by atoms with Gasteiger partial charge < -0.3 is 9.73 Å². The number of nitrogens with zero attached hydrogens (tertiary/aromatic N) is 1. The molecule has 1 aromatic heterocycles. The molecular weight excluding hydrogens is 386 g/mol. The van der Waals surface area contributed by atoms with Gasteiger partial charge in [0.15, 0.2) is 5.17 Å². The van der Waals surface area contributed by atoms with Crippen molar-refractivity contribution in [2.75, 3.05) is 0 Å². The van der Waals surface area contributed by atoms with Crippen LogP contribution in [0.4, 0.5) is 5.69 Å². The molecule has 1 saturated heterocycles. The van der Waals surface area contributed by atoms with E-state index in [-0.39, 0.29) is 16.8 Å². The van der Waals surface area contributed by atoms with Crippen molar-refractivity contribution in [3.05, 3.63) is 55.6 Å².